The molecule has 1 aromatic carbocycles. The summed E-state index contributed by atoms with van der Waals surface area (Å²) in [6.45, 7) is 0. The summed E-state index contributed by atoms with van der Waals surface area (Å²) in [6, 6.07) is 8.80. The third kappa shape index (κ3) is 3.64. The van der Waals surface area contributed by atoms with E-state index in [0.29, 0.717) is 11.3 Å². The van der Waals surface area contributed by atoms with Gasteiger partial charge in [0.25, 0.3) is 0 Å². The minimum Gasteiger partial charge on any atom is -0.316 e. The Kier molecular flexibility index (Phi) is 5.20. The highest BCUT2D eigenvalue weighted by Crippen LogP contribution is 2.36. The van der Waals surface area contributed by atoms with E-state index in [2.05, 4.69) is 24.5 Å². The molecule has 2 rings (SSSR count). The Morgan fingerprint density at radius 1 is 1.18 bits per heavy atom. The lowest BCUT2D eigenvalue weighted by Crippen LogP contribution is -2.34. The first-order valence-corrected chi connectivity index (χ1v) is 7.65. The van der Waals surface area contributed by atoms with Crippen molar-refractivity contribution in [3.05, 3.63) is 29.3 Å². The van der Waals surface area contributed by atoms with Crippen molar-refractivity contribution in [2.45, 2.75) is 48.3 Å². The number of hydrogen-bond acceptors (Lipinski definition) is 2. The largest absolute Gasteiger partial charge is 0.316 e. The number of nitrogens with one attached hydrogen (secondary N) is 1. The van der Waals surface area contributed by atoms with E-state index >= 15 is 0 Å². The van der Waals surface area contributed by atoms with Crippen molar-refractivity contribution in [2.24, 2.45) is 0 Å². The standard InChI is InChI=1S/C14H20ClNS/c1-16-12-8-3-2-4-10-14(12)17-13-9-6-5-7-11(13)15/h5-7,9,12,14,16H,2-4,8,10H2,1H3. The molecule has 0 bridgehead atoms. The third-order valence-electron chi connectivity index (χ3n) is 3.44. The van der Waals surface area contributed by atoms with E-state index in [1.165, 1.54) is 37.0 Å². The Morgan fingerprint density at radius 3 is 2.71 bits per heavy atom. The first kappa shape index (κ1) is 13.3. The Hall–Kier alpha value is -0.180. The molecule has 1 aromatic rings. The molecule has 2 atom stereocenters. The summed E-state index contributed by atoms with van der Waals surface area (Å²) in [5, 5.41) is 5.01. The molecule has 1 aliphatic carbocycles. The van der Waals surface area contributed by atoms with E-state index in [4.69, 9.17) is 11.6 Å². The van der Waals surface area contributed by atoms with Crippen molar-refractivity contribution in [2.75, 3.05) is 7.05 Å². The fourth-order valence-corrected chi connectivity index (χ4v) is 4.10. The van der Waals surface area contributed by atoms with Crippen LogP contribution in [0.15, 0.2) is 29.2 Å². The first-order valence-electron chi connectivity index (χ1n) is 6.39. The van der Waals surface area contributed by atoms with Gasteiger partial charge in [-0.1, -0.05) is 43.0 Å². The molecule has 1 nitrogen and oxygen atoms in total. The smallest absolute Gasteiger partial charge is 0.0541 e. The Labute approximate surface area is 113 Å². The maximum atomic E-state index is 6.23. The highest BCUT2D eigenvalue weighted by Gasteiger charge is 2.23. The van der Waals surface area contributed by atoms with Gasteiger partial charge >= 0.3 is 0 Å². The molecule has 94 valence electrons. The lowest BCUT2D eigenvalue weighted by atomic mass is 10.1. The van der Waals surface area contributed by atoms with Crippen molar-refractivity contribution < 1.29 is 0 Å². The number of thioether (sulfide) groups is 1. The van der Waals surface area contributed by atoms with Gasteiger partial charge in [-0.25, -0.2) is 0 Å². The molecule has 0 aromatic heterocycles. The van der Waals surface area contributed by atoms with Crippen LogP contribution in [0.5, 0.6) is 0 Å². The maximum Gasteiger partial charge on any atom is 0.0541 e. The van der Waals surface area contributed by atoms with Gasteiger partial charge < -0.3 is 5.32 Å². The number of hydrogen-bond donors (Lipinski definition) is 1. The van der Waals surface area contributed by atoms with Gasteiger partial charge in [0.1, 0.15) is 0 Å². The summed E-state index contributed by atoms with van der Waals surface area (Å²) in [5.74, 6) is 0. The molecular weight excluding hydrogens is 250 g/mol. The minimum atomic E-state index is 0.624. The van der Waals surface area contributed by atoms with Crippen LogP contribution < -0.4 is 5.32 Å². The Morgan fingerprint density at radius 2 is 1.94 bits per heavy atom. The van der Waals surface area contributed by atoms with Gasteiger partial charge in [0, 0.05) is 16.2 Å². The lowest BCUT2D eigenvalue weighted by molar-refractivity contribution is 0.510. The molecule has 1 N–H and O–H groups in total. The van der Waals surface area contributed by atoms with E-state index in [-0.39, 0.29) is 0 Å². The monoisotopic (exact) mass is 269 g/mol. The zero-order valence-electron chi connectivity index (χ0n) is 10.3. The molecule has 0 heterocycles. The Balaban J connectivity index is 2.07. The topological polar surface area (TPSA) is 12.0 Å². The Bertz CT molecular complexity index is 356. The maximum absolute atomic E-state index is 6.23. The second-order valence-electron chi connectivity index (χ2n) is 4.62. The summed E-state index contributed by atoms with van der Waals surface area (Å²) in [7, 11) is 2.08. The van der Waals surface area contributed by atoms with Crippen LogP contribution in [0.2, 0.25) is 5.02 Å². The van der Waals surface area contributed by atoms with Crippen LogP contribution in [0.1, 0.15) is 32.1 Å². The fraction of sp³-hybridized carbons (Fsp3) is 0.571. The highest BCUT2D eigenvalue weighted by molar-refractivity contribution is 8.00. The zero-order valence-corrected chi connectivity index (χ0v) is 11.9. The van der Waals surface area contributed by atoms with E-state index in [1.807, 2.05) is 23.9 Å². The molecule has 0 saturated heterocycles. The van der Waals surface area contributed by atoms with Crippen LogP contribution in [0, 0.1) is 0 Å². The molecule has 3 heteroatoms. The molecule has 0 amide bonds. The van der Waals surface area contributed by atoms with Crippen LogP contribution >= 0.6 is 23.4 Å². The summed E-state index contributed by atoms with van der Waals surface area (Å²) >= 11 is 8.18. The van der Waals surface area contributed by atoms with Crippen LogP contribution in [0.3, 0.4) is 0 Å². The molecular formula is C14H20ClNS. The number of halogens is 1. The van der Waals surface area contributed by atoms with Crippen molar-refractivity contribution >= 4 is 23.4 Å². The van der Waals surface area contributed by atoms with E-state index in [9.17, 15) is 0 Å². The van der Waals surface area contributed by atoms with E-state index in [0.717, 1.165) is 5.02 Å². The van der Waals surface area contributed by atoms with Crippen LogP contribution in [0.25, 0.3) is 0 Å². The molecule has 1 saturated carbocycles. The second kappa shape index (κ2) is 6.67. The van der Waals surface area contributed by atoms with Gasteiger partial charge in [0.15, 0.2) is 0 Å². The van der Waals surface area contributed by atoms with E-state index < -0.39 is 0 Å². The normalized spacial score (nSPS) is 25.5. The van der Waals surface area contributed by atoms with Crippen molar-refractivity contribution in [1.82, 2.24) is 5.32 Å². The van der Waals surface area contributed by atoms with Gasteiger partial charge in [0.05, 0.1) is 5.02 Å². The highest BCUT2D eigenvalue weighted by atomic mass is 35.5. The molecule has 1 aliphatic rings. The van der Waals surface area contributed by atoms with Crippen molar-refractivity contribution in [1.29, 1.82) is 0 Å². The summed E-state index contributed by atoms with van der Waals surface area (Å²) < 4.78 is 0. The third-order valence-corrected chi connectivity index (χ3v) is 5.36. The van der Waals surface area contributed by atoms with Gasteiger partial charge in [-0.2, -0.15) is 0 Å². The van der Waals surface area contributed by atoms with Crippen LogP contribution in [-0.2, 0) is 0 Å². The molecule has 17 heavy (non-hydrogen) atoms. The quantitative estimate of drug-likeness (QED) is 0.819. The summed E-state index contributed by atoms with van der Waals surface area (Å²) in [6.07, 6.45) is 6.66. The average Bonchev–Trinajstić information content (AvgIpc) is 2.57. The lowest BCUT2D eigenvalue weighted by Gasteiger charge is -2.24. The predicted molar refractivity (Wildman–Crippen MR) is 77.0 cm³/mol. The molecule has 0 spiro atoms. The minimum absolute atomic E-state index is 0.624. The SMILES string of the molecule is CNC1CCCCCC1Sc1ccccc1Cl. The van der Waals surface area contributed by atoms with Gasteiger partial charge in [-0.15, -0.1) is 11.8 Å². The van der Waals surface area contributed by atoms with Crippen molar-refractivity contribution in [3.8, 4) is 0 Å². The van der Waals surface area contributed by atoms with E-state index in [1.54, 1.807) is 0 Å². The number of benzene rings is 1. The second-order valence-corrected chi connectivity index (χ2v) is 6.31. The van der Waals surface area contributed by atoms with Crippen LogP contribution in [-0.4, -0.2) is 18.3 Å². The van der Waals surface area contributed by atoms with Crippen LogP contribution in [0.4, 0.5) is 0 Å². The summed E-state index contributed by atoms with van der Waals surface area (Å²) in [4.78, 5) is 1.22. The zero-order chi connectivity index (χ0) is 12.1. The molecule has 2 unspecified atom stereocenters. The molecule has 1 fully saturated rings. The summed E-state index contributed by atoms with van der Waals surface area (Å²) in [5.41, 5.74) is 0. The predicted octanol–water partition coefficient (Wildman–Crippen LogP) is 4.35. The van der Waals surface area contributed by atoms with Gasteiger partial charge in [0.2, 0.25) is 0 Å². The average molecular weight is 270 g/mol. The fourth-order valence-electron chi connectivity index (χ4n) is 2.45. The van der Waals surface area contributed by atoms with Crippen molar-refractivity contribution in [3.63, 3.8) is 0 Å². The van der Waals surface area contributed by atoms with Gasteiger partial charge in [-0.3, -0.25) is 0 Å². The molecule has 0 radical (unpaired) electrons. The number of rotatable bonds is 3. The van der Waals surface area contributed by atoms with Gasteiger partial charge in [-0.05, 0) is 32.0 Å². The molecule has 0 aliphatic heterocycles. The first-order chi connectivity index (χ1) is 8.31.